The van der Waals surface area contributed by atoms with Gasteiger partial charge in [-0.3, -0.25) is 0 Å². The molecule has 0 saturated heterocycles. The predicted molar refractivity (Wildman–Crippen MR) is 83.3 cm³/mol. The summed E-state index contributed by atoms with van der Waals surface area (Å²) in [4.78, 5) is 0. The van der Waals surface area contributed by atoms with Gasteiger partial charge >= 0.3 is 6.18 Å². The fourth-order valence-electron chi connectivity index (χ4n) is 2.48. The van der Waals surface area contributed by atoms with E-state index in [1.54, 1.807) is 13.0 Å². The summed E-state index contributed by atoms with van der Waals surface area (Å²) in [7, 11) is 0. The van der Waals surface area contributed by atoms with Crippen molar-refractivity contribution in [2.75, 3.05) is 0 Å². The van der Waals surface area contributed by atoms with Crippen LogP contribution in [0.4, 0.5) is 17.6 Å². The SMILES string of the molecule is Cc1nnc(CCc2cc(-c3ccc(C(F)(F)F)cc3)ccc2F)o1. The van der Waals surface area contributed by atoms with Crippen molar-refractivity contribution in [2.24, 2.45) is 0 Å². The minimum atomic E-state index is -4.38. The molecular formula is C18H14F4N2O. The number of aryl methyl sites for hydroxylation is 3. The summed E-state index contributed by atoms with van der Waals surface area (Å²) < 4.78 is 57.2. The van der Waals surface area contributed by atoms with Crippen LogP contribution in [-0.4, -0.2) is 10.2 Å². The maximum atomic E-state index is 14.0. The maximum Gasteiger partial charge on any atom is 0.416 e. The average molecular weight is 350 g/mol. The normalized spacial score (nSPS) is 11.7. The van der Waals surface area contributed by atoms with E-state index in [1.807, 2.05) is 0 Å². The van der Waals surface area contributed by atoms with E-state index in [4.69, 9.17) is 4.42 Å². The fourth-order valence-corrected chi connectivity index (χ4v) is 2.48. The van der Waals surface area contributed by atoms with E-state index in [-0.39, 0.29) is 5.82 Å². The quantitative estimate of drug-likeness (QED) is 0.623. The highest BCUT2D eigenvalue weighted by atomic mass is 19.4. The van der Waals surface area contributed by atoms with Crippen molar-refractivity contribution in [3.8, 4) is 11.1 Å². The third-order valence-electron chi connectivity index (χ3n) is 3.77. The number of rotatable bonds is 4. The van der Waals surface area contributed by atoms with Crippen molar-refractivity contribution in [1.29, 1.82) is 0 Å². The molecule has 1 aromatic heterocycles. The van der Waals surface area contributed by atoms with Crippen LogP contribution in [0.1, 0.15) is 22.9 Å². The monoisotopic (exact) mass is 350 g/mol. The van der Waals surface area contributed by atoms with Crippen molar-refractivity contribution in [3.05, 3.63) is 71.2 Å². The van der Waals surface area contributed by atoms with E-state index in [0.717, 1.165) is 12.1 Å². The molecule has 0 bridgehead atoms. The van der Waals surface area contributed by atoms with Crippen molar-refractivity contribution in [3.63, 3.8) is 0 Å². The van der Waals surface area contributed by atoms with Gasteiger partial charge in [-0.15, -0.1) is 10.2 Å². The molecule has 0 spiro atoms. The van der Waals surface area contributed by atoms with Crippen LogP contribution in [0.3, 0.4) is 0 Å². The van der Waals surface area contributed by atoms with Crippen molar-refractivity contribution in [1.82, 2.24) is 10.2 Å². The van der Waals surface area contributed by atoms with Gasteiger partial charge in [0.05, 0.1) is 5.56 Å². The average Bonchev–Trinajstić information content (AvgIpc) is 2.99. The molecule has 0 N–H and O–H groups in total. The van der Waals surface area contributed by atoms with Crippen LogP contribution in [0.25, 0.3) is 11.1 Å². The molecule has 0 radical (unpaired) electrons. The minimum absolute atomic E-state index is 0.349. The number of halogens is 4. The zero-order valence-electron chi connectivity index (χ0n) is 13.3. The third kappa shape index (κ3) is 4.04. The number of benzene rings is 2. The maximum absolute atomic E-state index is 14.0. The first kappa shape index (κ1) is 17.1. The van der Waals surface area contributed by atoms with Crippen LogP contribution in [0.2, 0.25) is 0 Å². The van der Waals surface area contributed by atoms with Gasteiger partial charge in [-0.1, -0.05) is 18.2 Å². The Kier molecular flexibility index (Phi) is 4.57. The summed E-state index contributed by atoms with van der Waals surface area (Å²) in [5, 5.41) is 7.57. The second-order valence-electron chi connectivity index (χ2n) is 5.60. The van der Waals surface area contributed by atoms with Gasteiger partial charge in [0.1, 0.15) is 5.82 Å². The van der Waals surface area contributed by atoms with Crippen LogP contribution in [0.15, 0.2) is 46.9 Å². The molecule has 0 aliphatic heterocycles. The van der Waals surface area contributed by atoms with Crippen molar-refractivity contribution in [2.45, 2.75) is 25.9 Å². The molecule has 0 unspecified atom stereocenters. The Morgan fingerprint density at radius 1 is 0.920 bits per heavy atom. The highest BCUT2D eigenvalue weighted by molar-refractivity contribution is 5.64. The van der Waals surface area contributed by atoms with Gasteiger partial charge in [-0.2, -0.15) is 13.2 Å². The third-order valence-corrected chi connectivity index (χ3v) is 3.77. The summed E-state index contributed by atoms with van der Waals surface area (Å²) in [5.41, 5.74) is 0.952. The lowest BCUT2D eigenvalue weighted by Gasteiger charge is -2.09. The highest BCUT2D eigenvalue weighted by Crippen LogP contribution is 2.31. The van der Waals surface area contributed by atoms with E-state index in [1.165, 1.54) is 24.3 Å². The predicted octanol–water partition coefficient (Wildman–Crippen LogP) is 4.99. The standard InChI is InChI=1S/C18H14F4N2O/c1-11-23-24-17(25-11)9-5-14-10-13(4-8-16(14)19)12-2-6-15(7-3-12)18(20,21)22/h2-4,6-8,10H,5,9H2,1H3. The first-order chi connectivity index (χ1) is 11.8. The van der Waals surface area contributed by atoms with E-state index >= 15 is 0 Å². The molecule has 0 amide bonds. The Morgan fingerprint density at radius 3 is 2.20 bits per heavy atom. The number of hydrogen-bond donors (Lipinski definition) is 0. The summed E-state index contributed by atoms with van der Waals surface area (Å²) >= 11 is 0. The van der Waals surface area contributed by atoms with Crippen LogP contribution in [0, 0.1) is 12.7 Å². The van der Waals surface area contributed by atoms with Gasteiger partial charge in [0.2, 0.25) is 11.8 Å². The van der Waals surface area contributed by atoms with Crippen molar-refractivity contribution >= 4 is 0 Å². The Labute approximate surface area is 141 Å². The second kappa shape index (κ2) is 6.66. The summed E-state index contributed by atoms with van der Waals surface area (Å²) in [5.74, 6) is 0.470. The zero-order chi connectivity index (χ0) is 18.0. The molecule has 0 saturated carbocycles. The lowest BCUT2D eigenvalue weighted by Crippen LogP contribution is -2.04. The number of alkyl halides is 3. The molecule has 1 heterocycles. The number of aromatic nitrogens is 2. The largest absolute Gasteiger partial charge is 0.426 e. The molecule has 3 rings (SSSR count). The van der Waals surface area contributed by atoms with Crippen LogP contribution < -0.4 is 0 Å². The molecule has 25 heavy (non-hydrogen) atoms. The Balaban J connectivity index is 1.81. The van der Waals surface area contributed by atoms with Gasteiger partial charge in [0, 0.05) is 13.3 Å². The molecule has 2 aromatic carbocycles. The van der Waals surface area contributed by atoms with Crippen molar-refractivity contribution < 1.29 is 22.0 Å². The molecular weight excluding hydrogens is 336 g/mol. The molecule has 7 heteroatoms. The molecule has 3 aromatic rings. The lowest BCUT2D eigenvalue weighted by molar-refractivity contribution is -0.137. The zero-order valence-corrected chi connectivity index (χ0v) is 13.3. The van der Waals surface area contributed by atoms with Crippen LogP contribution in [0.5, 0.6) is 0 Å². The van der Waals surface area contributed by atoms with E-state index in [9.17, 15) is 17.6 Å². The Morgan fingerprint density at radius 2 is 1.60 bits per heavy atom. The fraction of sp³-hybridized carbons (Fsp3) is 0.222. The molecule has 0 aliphatic rings. The second-order valence-corrected chi connectivity index (χ2v) is 5.60. The molecule has 3 nitrogen and oxygen atoms in total. The first-order valence-electron chi connectivity index (χ1n) is 7.58. The van der Waals surface area contributed by atoms with E-state index < -0.39 is 11.7 Å². The Hall–Kier alpha value is -2.70. The van der Waals surface area contributed by atoms with Gasteiger partial charge in [0.25, 0.3) is 0 Å². The molecule has 130 valence electrons. The van der Waals surface area contributed by atoms with E-state index in [0.29, 0.717) is 41.3 Å². The molecule has 0 fully saturated rings. The molecule has 0 aliphatic carbocycles. The van der Waals surface area contributed by atoms with Gasteiger partial charge in [-0.25, -0.2) is 4.39 Å². The summed E-state index contributed by atoms with van der Waals surface area (Å²) in [6.07, 6.45) is -3.65. The van der Waals surface area contributed by atoms with Crippen LogP contribution in [-0.2, 0) is 19.0 Å². The summed E-state index contributed by atoms with van der Waals surface area (Å²) in [6, 6.07) is 9.25. The van der Waals surface area contributed by atoms with Gasteiger partial charge in [0.15, 0.2) is 0 Å². The molecule has 0 atom stereocenters. The van der Waals surface area contributed by atoms with E-state index in [2.05, 4.69) is 10.2 Å². The first-order valence-corrected chi connectivity index (χ1v) is 7.58. The highest BCUT2D eigenvalue weighted by Gasteiger charge is 2.29. The Bertz CT molecular complexity index is 870. The van der Waals surface area contributed by atoms with Gasteiger partial charge in [-0.05, 0) is 47.4 Å². The smallest absolute Gasteiger partial charge is 0.416 e. The van der Waals surface area contributed by atoms with Gasteiger partial charge < -0.3 is 4.42 Å². The number of hydrogen-bond acceptors (Lipinski definition) is 3. The lowest BCUT2D eigenvalue weighted by atomic mass is 9.99. The number of nitrogens with zero attached hydrogens (tertiary/aromatic N) is 2. The summed E-state index contributed by atoms with van der Waals surface area (Å²) in [6.45, 7) is 1.67. The van der Waals surface area contributed by atoms with Crippen LogP contribution >= 0.6 is 0 Å². The topological polar surface area (TPSA) is 38.9 Å². The minimum Gasteiger partial charge on any atom is -0.426 e.